The summed E-state index contributed by atoms with van der Waals surface area (Å²) < 4.78 is 54.4. The molecule has 3 aromatic rings. The van der Waals surface area contributed by atoms with Crippen molar-refractivity contribution in [3.8, 4) is 17.2 Å². The van der Waals surface area contributed by atoms with Crippen LogP contribution in [0, 0.1) is 23.0 Å². The van der Waals surface area contributed by atoms with E-state index in [2.05, 4.69) is 5.32 Å². The molecular formula is C25H21F2N3O3S. The van der Waals surface area contributed by atoms with E-state index in [0.29, 0.717) is 24.1 Å². The lowest BCUT2D eigenvalue weighted by molar-refractivity contribution is -0.120. The maximum Gasteiger partial charge on any atom is 0.249 e. The number of piperidine rings is 1. The minimum atomic E-state index is -3.96. The fourth-order valence-corrected chi connectivity index (χ4v) is 5.13. The van der Waals surface area contributed by atoms with E-state index in [9.17, 15) is 17.6 Å². The molecule has 0 radical (unpaired) electrons. The van der Waals surface area contributed by atoms with E-state index >= 15 is 4.39 Å². The van der Waals surface area contributed by atoms with Crippen molar-refractivity contribution < 1.29 is 22.0 Å². The number of rotatable bonds is 5. The third kappa shape index (κ3) is 4.50. The SMILES string of the molecule is CS(=O)(=O)c1c(-c2ccccc2)ccc(N2CCCC(Nc3ccc(F)c(C#N)c3)C2=O)c1F. The molecule has 0 saturated carbocycles. The molecule has 9 heteroatoms. The molecule has 1 aliphatic heterocycles. The Labute approximate surface area is 196 Å². The third-order valence-corrected chi connectivity index (χ3v) is 6.83. The number of nitriles is 1. The van der Waals surface area contributed by atoms with E-state index in [1.807, 2.05) is 0 Å². The molecule has 0 spiro atoms. The predicted octanol–water partition coefficient (Wildman–Crippen LogP) is 4.51. The van der Waals surface area contributed by atoms with Gasteiger partial charge in [0.2, 0.25) is 5.91 Å². The number of sulfone groups is 1. The van der Waals surface area contributed by atoms with Gasteiger partial charge in [0, 0.05) is 24.1 Å². The van der Waals surface area contributed by atoms with Gasteiger partial charge < -0.3 is 10.2 Å². The smallest absolute Gasteiger partial charge is 0.249 e. The molecule has 1 fully saturated rings. The van der Waals surface area contributed by atoms with Crippen molar-refractivity contribution in [1.29, 1.82) is 5.26 Å². The van der Waals surface area contributed by atoms with Crippen LogP contribution in [-0.2, 0) is 14.6 Å². The number of anilines is 2. The molecule has 0 bridgehead atoms. The molecule has 3 aromatic carbocycles. The Bertz CT molecular complexity index is 1400. The van der Waals surface area contributed by atoms with E-state index < -0.39 is 38.3 Å². The quantitative estimate of drug-likeness (QED) is 0.579. The van der Waals surface area contributed by atoms with Crippen LogP contribution in [0.3, 0.4) is 0 Å². The predicted molar refractivity (Wildman–Crippen MR) is 125 cm³/mol. The highest BCUT2D eigenvalue weighted by Gasteiger charge is 2.33. The van der Waals surface area contributed by atoms with Gasteiger partial charge in [-0.15, -0.1) is 0 Å². The Morgan fingerprint density at radius 1 is 1.09 bits per heavy atom. The molecular weight excluding hydrogens is 460 g/mol. The Morgan fingerprint density at radius 2 is 1.82 bits per heavy atom. The second kappa shape index (κ2) is 9.23. The van der Waals surface area contributed by atoms with E-state index in [4.69, 9.17) is 5.26 Å². The van der Waals surface area contributed by atoms with Crippen molar-refractivity contribution in [2.24, 2.45) is 0 Å². The van der Waals surface area contributed by atoms with Crippen molar-refractivity contribution in [2.45, 2.75) is 23.8 Å². The van der Waals surface area contributed by atoms with Gasteiger partial charge in [0.05, 0.1) is 11.3 Å². The maximum atomic E-state index is 15.7. The van der Waals surface area contributed by atoms with E-state index in [0.717, 1.165) is 12.3 Å². The van der Waals surface area contributed by atoms with Crippen molar-refractivity contribution in [3.63, 3.8) is 0 Å². The fraction of sp³-hybridized carbons (Fsp3) is 0.200. The van der Waals surface area contributed by atoms with Crippen LogP contribution in [-0.4, -0.2) is 33.2 Å². The number of carbonyl (C=O) groups excluding carboxylic acids is 1. The zero-order valence-electron chi connectivity index (χ0n) is 18.3. The Hall–Kier alpha value is -3.77. The molecule has 1 saturated heterocycles. The zero-order chi connectivity index (χ0) is 24.5. The normalized spacial score (nSPS) is 16.2. The summed E-state index contributed by atoms with van der Waals surface area (Å²) in [7, 11) is -3.96. The van der Waals surface area contributed by atoms with Gasteiger partial charge in [-0.25, -0.2) is 17.2 Å². The summed E-state index contributed by atoms with van der Waals surface area (Å²) in [6.45, 7) is 0.217. The lowest BCUT2D eigenvalue weighted by atomic mass is 10.0. The van der Waals surface area contributed by atoms with Gasteiger partial charge in [0.1, 0.15) is 22.8 Å². The standard InChI is InChI=1S/C25H21F2N3O3S/c1-34(32,33)24-19(16-6-3-2-4-7-16)10-12-22(23(24)27)30-13-5-8-21(25(30)31)29-18-9-11-20(26)17(14-18)15-28/h2-4,6-7,9-12,14,21,29H,5,8,13H2,1H3. The summed E-state index contributed by atoms with van der Waals surface area (Å²) >= 11 is 0. The van der Waals surface area contributed by atoms with Crippen LogP contribution in [0.15, 0.2) is 65.6 Å². The molecule has 1 aliphatic rings. The second-order valence-corrected chi connectivity index (χ2v) is 10.0. The molecule has 0 aliphatic carbocycles. The van der Waals surface area contributed by atoms with Crippen LogP contribution < -0.4 is 10.2 Å². The van der Waals surface area contributed by atoms with Crippen molar-refractivity contribution in [1.82, 2.24) is 0 Å². The average molecular weight is 482 g/mol. The van der Waals surface area contributed by atoms with E-state index in [-0.39, 0.29) is 23.4 Å². The first kappa shape index (κ1) is 23.4. The summed E-state index contributed by atoms with van der Waals surface area (Å²) in [6, 6.07) is 16.4. The first-order valence-electron chi connectivity index (χ1n) is 10.6. The van der Waals surface area contributed by atoms with Gasteiger partial charge in [0.25, 0.3) is 0 Å². The van der Waals surface area contributed by atoms with E-state index in [1.165, 1.54) is 29.2 Å². The number of benzene rings is 3. The topological polar surface area (TPSA) is 90.3 Å². The maximum absolute atomic E-state index is 15.7. The van der Waals surface area contributed by atoms with Crippen LogP contribution in [0.4, 0.5) is 20.2 Å². The number of hydrogen-bond donors (Lipinski definition) is 1. The minimum absolute atomic E-state index is 0.117. The van der Waals surface area contributed by atoms with Crippen LogP contribution >= 0.6 is 0 Å². The highest BCUT2D eigenvalue weighted by Crippen LogP contribution is 2.36. The molecule has 4 rings (SSSR count). The van der Waals surface area contributed by atoms with Gasteiger partial charge in [0.15, 0.2) is 15.7 Å². The Balaban J connectivity index is 1.70. The number of hydrogen-bond acceptors (Lipinski definition) is 5. The number of carbonyl (C=O) groups is 1. The number of nitrogens with zero attached hydrogens (tertiary/aromatic N) is 2. The zero-order valence-corrected chi connectivity index (χ0v) is 19.1. The molecule has 1 N–H and O–H groups in total. The molecule has 1 heterocycles. The summed E-state index contributed by atoms with van der Waals surface area (Å²) in [5, 5.41) is 12.0. The average Bonchev–Trinajstić information content (AvgIpc) is 2.81. The lowest BCUT2D eigenvalue weighted by Crippen LogP contribution is -2.48. The number of nitrogens with one attached hydrogen (secondary N) is 1. The number of halogens is 2. The number of amides is 1. The summed E-state index contributed by atoms with van der Waals surface area (Å²) in [6.07, 6.45) is 1.91. The summed E-state index contributed by atoms with van der Waals surface area (Å²) in [5.41, 5.74) is 0.870. The molecule has 1 amide bonds. The Morgan fingerprint density at radius 3 is 2.50 bits per heavy atom. The molecule has 1 atom stereocenters. The second-order valence-electron chi connectivity index (χ2n) is 8.05. The Kier molecular flexibility index (Phi) is 6.35. The van der Waals surface area contributed by atoms with Crippen LogP contribution in [0.25, 0.3) is 11.1 Å². The minimum Gasteiger partial charge on any atom is -0.374 e. The summed E-state index contributed by atoms with van der Waals surface area (Å²) in [5.74, 6) is -2.09. The molecule has 34 heavy (non-hydrogen) atoms. The fourth-order valence-electron chi connectivity index (χ4n) is 4.11. The van der Waals surface area contributed by atoms with Crippen LogP contribution in [0.1, 0.15) is 18.4 Å². The van der Waals surface area contributed by atoms with Crippen molar-refractivity contribution in [3.05, 3.63) is 77.9 Å². The first-order valence-corrected chi connectivity index (χ1v) is 12.5. The van der Waals surface area contributed by atoms with Gasteiger partial charge in [-0.2, -0.15) is 5.26 Å². The molecule has 6 nitrogen and oxygen atoms in total. The highest BCUT2D eigenvalue weighted by atomic mass is 32.2. The van der Waals surface area contributed by atoms with E-state index in [1.54, 1.807) is 36.4 Å². The van der Waals surface area contributed by atoms with Crippen LogP contribution in [0.2, 0.25) is 0 Å². The van der Waals surface area contributed by atoms with Gasteiger partial charge in [-0.05, 0) is 42.7 Å². The highest BCUT2D eigenvalue weighted by molar-refractivity contribution is 7.90. The van der Waals surface area contributed by atoms with Gasteiger partial charge >= 0.3 is 0 Å². The lowest BCUT2D eigenvalue weighted by Gasteiger charge is -2.33. The monoisotopic (exact) mass is 481 g/mol. The molecule has 0 aromatic heterocycles. The third-order valence-electron chi connectivity index (χ3n) is 5.69. The summed E-state index contributed by atoms with van der Waals surface area (Å²) in [4.78, 5) is 14.0. The van der Waals surface area contributed by atoms with Crippen molar-refractivity contribution in [2.75, 3.05) is 23.0 Å². The molecule has 174 valence electrons. The first-order chi connectivity index (χ1) is 16.2. The largest absolute Gasteiger partial charge is 0.374 e. The van der Waals surface area contributed by atoms with Crippen LogP contribution in [0.5, 0.6) is 0 Å². The van der Waals surface area contributed by atoms with Gasteiger partial charge in [-0.3, -0.25) is 4.79 Å². The van der Waals surface area contributed by atoms with Crippen molar-refractivity contribution >= 4 is 27.1 Å². The van der Waals surface area contributed by atoms with Gasteiger partial charge in [-0.1, -0.05) is 36.4 Å². The molecule has 1 unspecified atom stereocenters.